The number of likely N-dealkylation sites (tertiary alicyclic amines) is 1. The zero-order valence-corrected chi connectivity index (χ0v) is 17.1. The van der Waals surface area contributed by atoms with E-state index in [0.29, 0.717) is 12.2 Å². The second-order valence-corrected chi connectivity index (χ2v) is 8.32. The van der Waals surface area contributed by atoms with E-state index >= 15 is 0 Å². The number of thiazole rings is 1. The molecule has 1 aliphatic heterocycles. The zero-order chi connectivity index (χ0) is 20.9. The summed E-state index contributed by atoms with van der Waals surface area (Å²) in [6.45, 7) is 2.20. The highest BCUT2D eigenvalue weighted by atomic mass is 32.1. The van der Waals surface area contributed by atoms with Crippen molar-refractivity contribution in [2.75, 3.05) is 13.1 Å². The number of piperidine rings is 1. The highest BCUT2D eigenvalue weighted by molar-refractivity contribution is 7.09. The maximum atomic E-state index is 13.5. The van der Waals surface area contributed by atoms with Gasteiger partial charge in [-0.3, -0.25) is 14.7 Å². The molecule has 30 heavy (non-hydrogen) atoms. The number of rotatable bonds is 6. The second-order valence-electron chi connectivity index (χ2n) is 7.40. The van der Waals surface area contributed by atoms with Gasteiger partial charge in [0, 0.05) is 24.3 Å². The number of hydrogen-bond acceptors (Lipinski definition) is 5. The smallest absolute Gasteiger partial charge is 0.270 e. The molecular weight excluding hydrogens is 406 g/mol. The number of nitrogens with one attached hydrogen (secondary N) is 1. The summed E-state index contributed by atoms with van der Waals surface area (Å²) in [5.74, 6) is -1.61. The third-order valence-corrected chi connectivity index (χ3v) is 6.25. The van der Waals surface area contributed by atoms with Crippen LogP contribution in [0.4, 0.5) is 8.78 Å². The number of carbonyl (C=O) groups is 1. The highest BCUT2D eigenvalue weighted by Gasteiger charge is 2.31. The Hall–Kier alpha value is -2.71. The molecule has 2 aromatic heterocycles. The largest absolute Gasteiger partial charge is 0.341 e. The lowest BCUT2D eigenvalue weighted by Crippen LogP contribution is -2.40. The van der Waals surface area contributed by atoms with Crippen LogP contribution in [0, 0.1) is 17.6 Å². The number of nitrogens with zero attached hydrogens (tertiary/aromatic N) is 3. The standard InChI is InChI=1S/C22H22F2N4OS/c23-17-5-4-15(13-18(17)24)14-28-10-6-16(7-11-28)20(22-26-9-12-30-22)27-21(29)19-3-1-2-8-25-19/h1-5,8-9,12-13,16,20H,6-7,10-11,14H2,(H,27,29)/t20-/m0/s1. The summed E-state index contributed by atoms with van der Waals surface area (Å²) in [4.78, 5) is 23.5. The highest BCUT2D eigenvalue weighted by Crippen LogP contribution is 2.32. The molecule has 0 saturated carbocycles. The number of carbonyl (C=O) groups excluding carboxylic acids is 1. The molecule has 0 unspecified atom stereocenters. The topological polar surface area (TPSA) is 58.1 Å². The van der Waals surface area contributed by atoms with E-state index < -0.39 is 11.6 Å². The van der Waals surface area contributed by atoms with E-state index in [1.165, 1.54) is 23.5 Å². The first-order chi connectivity index (χ1) is 14.6. The lowest BCUT2D eigenvalue weighted by atomic mass is 9.89. The van der Waals surface area contributed by atoms with Gasteiger partial charge in [-0.05, 0) is 61.7 Å². The minimum absolute atomic E-state index is 0.176. The molecule has 1 aliphatic rings. The van der Waals surface area contributed by atoms with Gasteiger partial charge in [0.15, 0.2) is 11.6 Å². The lowest BCUT2D eigenvalue weighted by molar-refractivity contribution is 0.0885. The summed E-state index contributed by atoms with van der Waals surface area (Å²) in [6, 6.07) is 9.13. The van der Waals surface area contributed by atoms with Crippen molar-refractivity contribution in [1.82, 2.24) is 20.2 Å². The number of benzene rings is 1. The molecule has 0 aliphatic carbocycles. The van der Waals surface area contributed by atoms with E-state index in [-0.39, 0.29) is 17.9 Å². The summed E-state index contributed by atoms with van der Waals surface area (Å²) < 4.78 is 26.6. The van der Waals surface area contributed by atoms with Gasteiger partial charge in [0.25, 0.3) is 5.91 Å². The quantitative estimate of drug-likeness (QED) is 0.639. The Morgan fingerprint density at radius 3 is 2.63 bits per heavy atom. The Bertz CT molecular complexity index is 976. The van der Waals surface area contributed by atoms with Crippen LogP contribution in [0.5, 0.6) is 0 Å². The first-order valence-electron chi connectivity index (χ1n) is 9.87. The summed E-state index contributed by atoms with van der Waals surface area (Å²) >= 11 is 1.53. The predicted molar refractivity (Wildman–Crippen MR) is 111 cm³/mol. The van der Waals surface area contributed by atoms with Crippen molar-refractivity contribution in [3.05, 3.63) is 82.1 Å². The Balaban J connectivity index is 1.40. The Morgan fingerprint density at radius 2 is 1.97 bits per heavy atom. The molecule has 1 saturated heterocycles. The third kappa shape index (κ3) is 4.88. The van der Waals surface area contributed by atoms with Gasteiger partial charge in [0.05, 0.1) is 6.04 Å². The minimum atomic E-state index is -0.826. The molecule has 1 aromatic carbocycles. The monoisotopic (exact) mass is 428 g/mol. The van der Waals surface area contributed by atoms with Gasteiger partial charge in [0.2, 0.25) is 0 Å². The molecular formula is C22H22F2N4OS. The molecule has 1 N–H and O–H groups in total. The third-order valence-electron chi connectivity index (χ3n) is 5.40. The van der Waals surface area contributed by atoms with Crippen LogP contribution in [0.15, 0.2) is 54.2 Å². The van der Waals surface area contributed by atoms with Crippen LogP contribution < -0.4 is 5.32 Å². The van der Waals surface area contributed by atoms with E-state index in [0.717, 1.165) is 36.5 Å². The zero-order valence-electron chi connectivity index (χ0n) is 16.3. The predicted octanol–water partition coefficient (Wildman–Crippen LogP) is 4.20. The van der Waals surface area contributed by atoms with E-state index in [2.05, 4.69) is 20.2 Å². The normalized spacial score (nSPS) is 16.3. The van der Waals surface area contributed by atoms with Gasteiger partial charge in [0.1, 0.15) is 10.7 Å². The van der Waals surface area contributed by atoms with Gasteiger partial charge < -0.3 is 5.32 Å². The van der Waals surface area contributed by atoms with Gasteiger partial charge in [-0.2, -0.15) is 0 Å². The van der Waals surface area contributed by atoms with Crippen molar-refractivity contribution in [2.45, 2.75) is 25.4 Å². The molecule has 4 rings (SSSR count). The van der Waals surface area contributed by atoms with Crippen LogP contribution in [0.1, 0.15) is 39.9 Å². The number of hydrogen-bond donors (Lipinski definition) is 1. The molecule has 1 amide bonds. The van der Waals surface area contributed by atoms with Crippen LogP contribution in [0.2, 0.25) is 0 Å². The van der Waals surface area contributed by atoms with Crippen LogP contribution in [-0.2, 0) is 6.54 Å². The van der Waals surface area contributed by atoms with E-state index in [1.54, 1.807) is 36.7 Å². The number of amides is 1. The summed E-state index contributed by atoms with van der Waals surface area (Å²) in [7, 11) is 0. The molecule has 3 aromatic rings. The summed E-state index contributed by atoms with van der Waals surface area (Å²) in [5, 5.41) is 5.92. The summed E-state index contributed by atoms with van der Waals surface area (Å²) in [6.07, 6.45) is 5.09. The molecule has 1 atom stereocenters. The molecule has 156 valence electrons. The van der Waals surface area contributed by atoms with Gasteiger partial charge >= 0.3 is 0 Å². The van der Waals surface area contributed by atoms with Crippen molar-refractivity contribution >= 4 is 17.2 Å². The van der Waals surface area contributed by atoms with Crippen molar-refractivity contribution in [1.29, 1.82) is 0 Å². The fraction of sp³-hybridized carbons (Fsp3) is 0.318. The molecule has 5 nitrogen and oxygen atoms in total. The number of aromatic nitrogens is 2. The van der Waals surface area contributed by atoms with Crippen molar-refractivity contribution in [3.63, 3.8) is 0 Å². The van der Waals surface area contributed by atoms with E-state index in [4.69, 9.17) is 0 Å². The van der Waals surface area contributed by atoms with E-state index in [1.807, 2.05) is 5.38 Å². The van der Waals surface area contributed by atoms with Crippen LogP contribution in [-0.4, -0.2) is 33.9 Å². The maximum Gasteiger partial charge on any atom is 0.270 e. The molecule has 1 fully saturated rings. The van der Waals surface area contributed by atoms with Crippen LogP contribution in [0.3, 0.4) is 0 Å². The fourth-order valence-electron chi connectivity index (χ4n) is 3.82. The minimum Gasteiger partial charge on any atom is -0.341 e. The van der Waals surface area contributed by atoms with Gasteiger partial charge in [-0.25, -0.2) is 13.8 Å². The average molecular weight is 429 g/mol. The number of pyridine rings is 1. The first-order valence-corrected chi connectivity index (χ1v) is 10.8. The first kappa shape index (κ1) is 20.6. The van der Waals surface area contributed by atoms with Crippen LogP contribution in [0.25, 0.3) is 0 Å². The number of halogens is 2. The molecule has 0 bridgehead atoms. The summed E-state index contributed by atoms with van der Waals surface area (Å²) in [5.41, 5.74) is 1.14. The molecule has 8 heteroatoms. The Morgan fingerprint density at radius 1 is 1.13 bits per heavy atom. The van der Waals surface area contributed by atoms with Crippen LogP contribution >= 0.6 is 11.3 Å². The Kier molecular flexibility index (Phi) is 6.44. The lowest BCUT2D eigenvalue weighted by Gasteiger charge is -2.35. The van der Waals surface area contributed by atoms with E-state index in [9.17, 15) is 13.6 Å². The molecule has 0 radical (unpaired) electrons. The second kappa shape index (κ2) is 9.40. The average Bonchev–Trinajstić information content (AvgIpc) is 3.30. The SMILES string of the molecule is O=C(N[C@H](c1nccs1)C1CCN(Cc2ccc(F)c(F)c2)CC1)c1ccccn1. The molecule has 0 spiro atoms. The Labute approximate surface area is 177 Å². The van der Waals surface area contributed by atoms with Gasteiger partial charge in [-0.15, -0.1) is 11.3 Å². The van der Waals surface area contributed by atoms with Crippen molar-refractivity contribution in [3.8, 4) is 0 Å². The van der Waals surface area contributed by atoms with Gasteiger partial charge in [-0.1, -0.05) is 12.1 Å². The maximum absolute atomic E-state index is 13.5. The fourth-order valence-corrected chi connectivity index (χ4v) is 4.60. The molecule has 3 heterocycles. The van der Waals surface area contributed by atoms with Crippen molar-refractivity contribution in [2.24, 2.45) is 5.92 Å². The van der Waals surface area contributed by atoms with Crippen molar-refractivity contribution < 1.29 is 13.6 Å².